The second-order valence-corrected chi connectivity index (χ2v) is 8.44. The van der Waals surface area contributed by atoms with Gasteiger partial charge in [-0.25, -0.2) is 4.98 Å². The minimum absolute atomic E-state index is 0.0476. The fourth-order valence-electron chi connectivity index (χ4n) is 3.44. The highest BCUT2D eigenvalue weighted by molar-refractivity contribution is 7.09. The van der Waals surface area contributed by atoms with Gasteiger partial charge >= 0.3 is 0 Å². The third-order valence-electron chi connectivity index (χ3n) is 4.92. The molecule has 156 valence electrons. The van der Waals surface area contributed by atoms with Crippen molar-refractivity contribution in [1.82, 2.24) is 9.88 Å². The van der Waals surface area contributed by atoms with Crippen molar-refractivity contribution in [3.8, 4) is 11.5 Å². The van der Waals surface area contributed by atoms with E-state index in [9.17, 15) is 4.79 Å². The van der Waals surface area contributed by atoms with Crippen LogP contribution < -0.4 is 9.47 Å². The number of nitrogens with zero attached hydrogens (tertiary/aromatic N) is 2. The molecule has 5 nitrogen and oxygen atoms in total. The molecule has 0 saturated heterocycles. The number of fused-ring (bicyclic) bond motifs is 1. The van der Waals surface area contributed by atoms with Crippen molar-refractivity contribution < 1.29 is 14.3 Å². The monoisotopic (exact) mass is 442 g/mol. The zero-order chi connectivity index (χ0) is 20.9. The number of halogens is 1. The zero-order valence-corrected chi connectivity index (χ0v) is 18.3. The van der Waals surface area contributed by atoms with Crippen LogP contribution in [0.25, 0.3) is 0 Å². The van der Waals surface area contributed by atoms with E-state index in [4.69, 9.17) is 21.1 Å². The number of likely N-dealkylation sites (N-methyl/N-ethyl adjacent to an activating group) is 1. The largest absolute Gasteiger partial charge is 0.486 e. The summed E-state index contributed by atoms with van der Waals surface area (Å²) in [6.45, 7) is 4.16. The fourth-order valence-corrected chi connectivity index (χ4v) is 4.48. The van der Waals surface area contributed by atoms with Crippen molar-refractivity contribution in [3.63, 3.8) is 0 Å². The Bertz CT molecular complexity index is 1040. The predicted molar refractivity (Wildman–Crippen MR) is 119 cm³/mol. The molecule has 2 heterocycles. The average molecular weight is 443 g/mol. The van der Waals surface area contributed by atoms with Crippen LogP contribution in [-0.4, -0.2) is 35.5 Å². The molecule has 1 aliphatic rings. The molecule has 0 radical (unpaired) electrons. The van der Waals surface area contributed by atoms with Gasteiger partial charge in [0.05, 0.1) is 17.1 Å². The molecule has 30 heavy (non-hydrogen) atoms. The van der Waals surface area contributed by atoms with Gasteiger partial charge in [-0.05, 0) is 30.7 Å². The van der Waals surface area contributed by atoms with Crippen LogP contribution in [0.4, 0.5) is 0 Å². The number of ether oxygens (including phenoxy) is 2. The van der Waals surface area contributed by atoms with Crippen LogP contribution in [0.3, 0.4) is 0 Å². The van der Waals surface area contributed by atoms with Gasteiger partial charge in [0.1, 0.15) is 13.2 Å². The molecule has 0 unspecified atom stereocenters. The first-order chi connectivity index (χ1) is 14.6. The summed E-state index contributed by atoms with van der Waals surface area (Å²) in [6, 6.07) is 13.6. The number of para-hydroxylation sites is 1. The summed E-state index contributed by atoms with van der Waals surface area (Å²) in [5.41, 5.74) is 2.87. The Hall–Kier alpha value is -2.57. The van der Waals surface area contributed by atoms with Crippen LogP contribution in [0.1, 0.15) is 28.8 Å². The van der Waals surface area contributed by atoms with Gasteiger partial charge in [0.15, 0.2) is 11.5 Å². The molecule has 0 saturated carbocycles. The lowest BCUT2D eigenvalue weighted by Gasteiger charge is -2.25. The van der Waals surface area contributed by atoms with Gasteiger partial charge in [-0.1, -0.05) is 35.9 Å². The molecule has 1 aromatic heterocycles. The smallest absolute Gasteiger partial charge is 0.228 e. The summed E-state index contributed by atoms with van der Waals surface area (Å²) in [5, 5.41) is 3.66. The predicted octanol–water partition coefficient (Wildman–Crippen LogP) is 4.75. The van der Waals surface area contributed by atoms with E-state index in [1.165, 1.54) is 0 Å². The Morgan fingerprint density at radius 1 is 1.20 bits per heavy atom. The van der Waals surface area contributed by atoms with Gasteiger partial charge in [0, 0.05) is 35.5 Å². The van der Waals surface area contributed by atoms with Gasteiger partial charge in [0.25, 0.3) is 0 Å². The average Bonchev–Trinajstić information content (AvgIpc) is 3.18. The summed E-state index contributed by atoms with van der Waals surface area (Å²) in [6.07, 6.45) is 0.997. The highest BCUT2D eigenvalue weighted by Crippen LogP contribution is 2.34. The second-order valence-electron chi connectivity index (χ2n) is 7.07. The third-order valence-corrected chi connectivity index (χ3v) is 6.05. The van der Waals surface area contributed by atoms with E-state index in [-0.39, 0.29) is 12.3 Å². The van der Waals surface area contributed by atoms with E-state index >= 15 is 0 Å². The first-order valence-corrected chi connectivity index (χ1v) is 11.2. The zero-order valence-electron chi connectivity index (χ0n) is 16.8. The van der Waals surface area contributed by atoms with Crippen molar-refractivity contribution in [2.24, 2.45) is 0 Å². The van der Waals surface area contributed by atoms with E-state index in [0.29, 0.717) is 32.7 Å². The quantitative estimate of drug-likeness (QED) is 0.529. The Balaban J connectivity index is 1.41. The Morgan fingerprint density at radius 3 is 2.87 bits per heavy atom. The van der Waals surface area contributed by atoms with E-state index in [1.807, 2.05) is 59.7 Å². The standard InChI is InChI=1S/C23H23ClN2O3S/c1-2-26(14-17-6-4-8-20-23(17)29-10-9-28-20)22(27)13-19-15-30-21(25-19)12-16-5-3-7-18(24)11-16/h3-8,11,15H,2,9-10,12-14H2,1H3. The van der Waals surface area contributed by atoms with Crippen molar-refractivity contribution in [3.05, 3.63) is 74.7 Å². The van der Waals surface area contributed by atoms with Crippen LogP contribution in [0.15, 0.2) is 47.8 Å². The number of hydrogen-bond donors (Lipinski definition) is 0. The lowest BCUT2D eigenvalue weighted by atomic mass is 10.1. The molecule has 4 rings (SSSR count). The second kappa shape index (κ2) is 9.49. The maximum Gasteiger partial charge on any atom is 0.228 e. The van der Waals surface area contributed by atoms with Crippen LogP contribution in [-0.2, 0) is 24.2 Å². The molecular formula is C23H23ClN2O3S. The minimum atomic E-state index is 0.0476. The molecule has 0 N–H and O–H groups in total. The number of aromatic nitrogens is 1. The van der Waals surface area contributed by atoms with E-state index < -0.39 is 0 Å². The van der Waals surface area contributed by atoms with Crippen LogP contribution >= 0.6 is 22.9 Å². The number of carbonyl (C=O) groups is 1. The van der Waals surface area contributed by atoms with Gasteiger partial charge < -0.3 is 14.4 Å². The van der Waals surface area contributed by atoms with Gasteiger partial charge in [0.2, 0.25) is 5.91 Å². The molecule has 3 aromatic rings. The summed E-state index contributed by atoms with van der Waals surface area (Å²) in [4.78, 5) is 19.4. The number of amides is 1. The lowest BCUT2D eigenvalue weighted by Crippen LogP contribution is -2.32. The van der Waals surface area contributed by atoms with E-state index in [2.05, 4.69) is 4.98 Å². The summed E-state index contributed by atoms with van der Waals surface area (Å²) >= 11 is 7.64. The Morgan fingerprint density at radius 2 is 2.03 bits per heavy atom. The third kappa shape index (κ3) is 4.94. The Labute approximate surface area is 185 Å². The molecule has 1 aliphatic heterocycles. The Kier molecular flexibility index (Phi) is 6.55. The SMILES string of the molecule is CCN(Cc1cccc2c1OCCO2)C(=O)Cc1csc(Cc2cccc(Cl)c2)n1. The number of hydrogen-bond acceptors (Lipinski definition) is 5. The normalized spacial score (nSPS) is 12.6. The first kappa shape index (κ1) is 20.7. The molecule has 0 atom stereocenters. The maximum atomic E-state index is 12.9. The molecule has 0 bridgehead atoms. The molecule has 0 aliphatic carbocycles. The number of carbonyl (C=O) groups excluding carboxylic acids is 1. The highest BCUT2D eigenvalue weighted by atomic mass is 35.5. The molecule has 7 heteroatoms. The van der Waals surface area contributed by atoms with Crippen molar-refractivity contribution in [2.75, 3.05) is 19.8 Å². The molecule has 1 amide bonds. The maximum absolute atomic E-state index is 12.9. The van der Waals surface area contributed by atoms with Gasteiger partial charge in [-0.2, -0.15) is 0 Å². The number of rotatable bonds is 7. The van der Waals surface area contributed by atoms with E-state index in [0.717, 1.165) is 38.4 Å². The van der Waals surface area contributed by atoms with E-state index in [1.54, 1.807) is 11.3 Å². The van der Waals surface area contributed by atoms with Crippen molar-refractivity contribution in [1.29, 1.82) is 0 Å². The molecular weight excluding hydrogens is 420 g/mol. The van der Waals surface area contributed by atoms with Crippen LogP contribution in [0.2, 0.25) is 5.02 Å². The topological polar surface area (TPSA) is 51.7 Å². The summed E-state index contributed by atoms with van der Waals surface area (Å²) in [7, 11) is 0. The molecule has 2 aromatic carbocycles. The summed E-state index contributed by atoms with van der Waals surface area (Å²) < 4.78 is 11.4. The number of thiazole rings is 1. The van der Waals surface area contributed by atoms with Crippen molar-refractivity contribution in [2.45, 2.75) is 26.3 Å². The highest BCUT2D eigenvalue weighted by Gasteiger charge is 2.20. The first-order valence-electron chi connectivity index (χ1n) is 9.95. The molecule has 0 fully saturated rings. The van der Waals surface area contributed by atoms with Gasteiger partial charge in [-0.15, -0.1) is 11.3 Å². The van der Waals surface area contributed by atoms with Crippen LogP contribution in [0, 0.1) is 0 Å². The summed E-state index contributed by atoms with van der Waals surface area (Å²) in [5.74, 6) is 1.53. The fraction of sp³-hybridized carbons (Fsp3) is 0.304. The van der Waals surface area contributed by atoms with Crippen molar-refractivity contribution >= 4 is 28.8 Å². The molecule has 0 spiro atoms. The van der Waals surface area contributed by atoms with Crippen LogP contribution in [0.5, 0.6) is 11.5 Å². The lowest BCUT2D eigenvalue weighted by molar-refractivity contribution is -0.130. The number of benzene rings is 2. The van der Waals surface area contributed by atoms with Gasteiger partial charge in [-0.3, -0.25) is 4.79 Å². The minimum Gasteiger partial charge on any atom is -0.486 e.